The molecule has 0 bridgehead atoms. The number of rotatable bonds is 7. The highest BCUT2D eigenvalue weighted by Gasteiger charge is 2.26. The summed E-state index contributed by atoms with van der Waals surface area (Å²) in [6.45, 7) is 0.423. The highest BCUT2D eigenvalue weighted by molar-refractivity contribution is 5.90. The molecule has 11 heteroatoms. The Morgan fingerprint density at radius 3 is 2.00 bits per heavy atom. The molecule has 0 aliphatic rings. The zero-order valence-electron chi connectivity index (χ0n) is 18.0. The van der Waals surface area contributed by atoms with Crippen LogP contribution in [0.1, 0.15) is 15.9 Å². The van der Waals surface area contributed by atoms with E-state index in [2.05, 4.69) is 0 Å². The molecular weight excluding hydrogens is 456 g/mol. The van der Waals surface area contributed by atoms with Crippen LogP contribution in [0.2, 0.25) is 0 Å². The Morgan fingerprint density at radius 2 is 1.46 bits per heavy atom. The fraction of sp³-hybridized carbons (Fsp3) is 0.0417. The van der Waals surface area contributed by atoms with Crippen molar-refractivity contribution in [1.82, 2.24) is 0 Å². The molecule has 0 saturated carbocycles. The van der Waals surface area contributed by atoms with Crippen LogP contribution in [0.5, 0.6) is 5.75 Å². The van der Waals surface area contributed by atoms with E-state index in [0.29, 0.717) is 6.54 Å². The molecule has 0 amide bonds. The predicted octanol–water partition coefficient (Wildman–Crippen LogP) is 3.19. The Balaban J connectivity index is 1.54. The van der Waals surface area contributed by atoms with Crippen LogP contribution in [0.4, 0.5) is 11.4 Å². The van der Waals surface area contributed by atoms with Crippen LogP contribution in [0.3, 0.4) is 0 Å². The van der Waals surface area contributed by atoms with Gasteiger partial charge in [0.1, 0.15) is 17.4 Å². The predicted molar refractivity (Wildman–Crippen MR) is 121 cm³/mol. The van der Waals surface area contributed by atoms with E-state index in [-0.39, 0.29) is 28.4 Å². The van der Waals surface area contributed by atoms with Crippen molar-refractivity contribution >= 4 is 17.3 Å². The van der Waals surface area contributed by atoms with Gasteiger partial charge >= 0.3 is 11.7 Å². The number of nitro benzene ring substituents is 2. The average molecular weight is 474 g/mol. The minimum Gasteiger partial charge on any atom is -0.507 e. The lowest BCUT2D eigenvalue weighted by atomic mass is 10.1. The van der Waals surface area contributed by atoms with E-state index in [9.17, 15) is 30.1 Å². The first-order chi connectivity index (χ1) is 16.7. The average Bonchev–Trinajstić information content (AvgIpc) is 2.84. The summed E-state index contributed by atoms with van der Waals surface area (Å²) in [5.41, 5.74) is 1.78. The van der Waals surface area contributed by atoms with Gasteiger partial charge in [-0.25, -0.2) is 9.36 Å². The van der Waals surface area contributed by atoms with Crippen molar-refractivity contribution in [3.63, 3.8) is 0 Å². The number of aromatic nitrogens is 2. The molecular formula is C24H18N4O7+2. The zero-order chi connectivity index (χ0) is 25.1. The Morgan fingerprint density at radius 1 is 0.829 bits per heavy atom. The van der Waals surface area contributed by atoms with Crippen molar-refractivity contribution in [2.75, 3.05) is 0 Å². The fourth-order valence-electron chi connectivity index (χ4n) is 3.59. The van der Waals surface area contributed by atoms with Crippen molar-refractivity contribution in [2.45, 2.75) is 6.54 Å². The molecule has 2 aromatic carbocycles. The molecule has 0 aliphatic heterocycles. The highest BCUT2D eigenvalue weighted by Crippen LogP contribution is 2.25. The molecule has 0 radical (unpaired) electrons. The first-order valence-corrected chi connectivity index (χ1v) is 10.2. The highest BCUT2D eigenvalue weighted by atomic mass is 16.6. The van der Waals surface area contributed by atoms with Crippen LogP contribution in [0.15, 0.2) is 85.5 Å². The molecule has 4 aromatic rings. The van der Waals surface area contributed by atoms with Gasteiger partial charge < -0.3 is 10.2 Å². The third-order valence-electron chi connectivity index (χ3n) is 5.36. The zero-order valence-corrected chi connectivity index (χ0v) is 18.0. The van der Waals surface area contributed by atoms with Crippen LogP contribution in [0, 0.1) is 20.2 Å². The molecule has 2 aromatic heterocycles. The maximum atomic E-state index is 11.4. The summed E-state index contributed by atoms with van der Waals surface area (Å²) in [7, 11) is 0. The summed E-state index contributed by atoms with van der Waals surface area (Å²) in [5.74, 6) is -1.49. The Kier molecular flexibility index (Phi) is 6.14. The molecule has 35 heavy (non-hydrogen) atoms. The Labute approximate surface area is 197 Å². The van der Waals surface area contributed by atoms with E-state index in [4.69, 9.17) is 5.11 Å². The topological polar surface area (TPSA) is 152 Å². The molecule has 0 unspecified atom stereocenters. The Bertz CT molecular complexity index is 1450. The van der Waals surface area contributed by atoms with E-state index in [1.807, 2.05) is 29.1 Å². The standard InChI is InChI=1S/C24H16N4O7/c29-23-13-16(1-3-20(23)24(30)31)15-25-9-5-17(6-10-25)18-7-11-26(12-8-18)21-4-2-19(27(32)33)14-22(21)28(34)35/h1-14H,15H2/p+2. The maximum absolute atomic E-state index is 11.4. The van der Waals surface area contributed by atoms with Crippen molar-refractivity contribution in [1.29, 1.82) is 0 Å². The van der Waals surface area contributed by atoms with Crippen LogP contribution in [-0.2, 0) is 6.54 Å². The van der Waals surface area contributed by atoms with Gasteiger partial charge in [-0.05, 0) is 23.3 Å². The van der Waals surface area contributed by atoms with E-state index in [1.54, 1.807) is 30.6 Å². The number of pyridine rings is 2. The van der Waals surface area contributed by atoms with E-state index in [1.165, 1.54) is 28.8 Å². The fourth-order valence-corrected chi connectivity index (χ4v) is 3.59. The van der Waals surface area contributed by atoms with Gasteiger partial charge in [0.05, 0.1) is 9.85 Å². The molecule has 0 atom stereocenters. The summed E-state index contributed by atoms with van der Waals surface area (Å²) in [4.78, 5) is 32.0. The number of hydrogen-bond donors (Lipinski definition) is 2. The number of nitro groups is 2. The van der Waals surface area contributed by atoms with Crippen LogP contribution in [0.25, 0.3) is 16.8 Å². The molecule has 0 aliphatic carbocycles. The van der Waals surface area contributed by atoms with Crippen molar-refractivity contribution in [3.8, 4) is 22.6 Å². The third kappa shape index (κ3) is 4.93. The van der Waals surface area contributed by atoms with Crippen LogP contribution < -0.4 is 9.13 Å². The number of phenols is 1. The second kappa shape index (κ2) is 9.35. The first kappa shape index (κ1) is 23.0. The molecule has 2 N–H and O–H groups in total. The molecule has 11 nitrogen and oxygen atoms in total. The number of carboxylic acid groups (broad SMARTS) is 1. The summed E-state index contributed by atoms with van der Waals surface area (Å²) in [6.07, 6.45) is 6.94. The third-order valence-corrected chi connectivity index (χ3v) is 5.36. The SMILES string of the molecule is O=C(O)c1ccc(C[n+]2ccc(-c3cc[n+](-c4ccc([N+](=O)[O-])cc4[N+](=O)[O-])cc3)cc2)cc1O. The summed E-state index contributed by atoms with van der Waals surface area (Å²) in [5, 5.41) is 41.2. The van der Waals surface area contributed by atoms with E-state index >= 15 is 0 Å². The van der Waals surface area contributed by atoms with Crippen LogP contribution >= 0.6 is 0 Å². The number of benzene rings is 2. The monoisotopic (exact) mass is 474 g/mol. The summed E-state index contributed by atoms with van der Waals surface area (Å²) < 4.78 is 3.38. The number of carbonyl (C=O) groups is 1. The number of carboxylic acids is 1. The van der Waals surface area contributed by atoms with Gasteiger partial charge in [0.2, 0.25) is 0 Å². The molecule has 0 saturated heterocycles. The normalized spacial score (nSPS) is 10.6. The van der Waals surface area contributed by atoms with E-state index < -0.39 is 15.8 Å². The van der Waals surface area contributed by atoms with Crippen molar-refractivity contribution in [2.24, 2.45) is 0 Å². The minimum atomic E-state index is -1.20. The lowest BCUT2D eigenvalue weighted by Crippen LogP contribution is -2.33. The lowest BCUT2D eigenvalue weighted by Gasteiger charge is -2.04. The molecule has 174 valence electrons. The molecule has 2 heterocycles. The van der Waals surface area contributed by atoms with Gasteiger partial charge in [-0.2, -0.15) is 4.57 Å². The van der Waals surface area contributed by atoms with Crippen molar-refractivity contribution in [3.05, 3.63) is 117 Å². The first-order valence-electron chi connectivity index (χ1n) is 10.2. The van der Waals surface area contributed by atoms with Gasteiger partial charge in [0.25, 0.3) is 11.4 Å². The summed E-state index contributed by atoms with van der Waals surface area (Å²) >= 11 is 0. The second-order valence-corrected chi connectivity index (χ2v) is 7.60. The Hall–Kier alpha value is -5.19. The quantitative estimate of drug-likeness (QED) is 0.237. The smallest absolute Gasteiger partial charge is 0.347 e. The summed E-state index contributed by atoms with van der Waals surface area (Å²) in [6, 6.07) is 15.2. The number of aromatic carboxylic acids is 1. The molecule has 0 spiro atoms. The molecule has 0 fully saturated rings. The van der Waals surface area contributed by atoms with Gasteiger partial charge in [-0.3, -0.25) is 20.2 Å². The van der Waals surface area contributed by atoms with Gasteiger partial charge in [0.15, 0.2) is 31.3 Å². The largest absolute Gasteiger partial charge is 0.507 e. The second-order valence-electron chi connectivity index (χ2n) is 7.60. The maximum Gasteiger partial charge on any atom is 0.347 e. The minimum absolute atomic E-state index is 0.158. The van der Waals surface area contributed by atoms with Gasteiger partial charge in [-0.1, -0.05) is 6.07 Å². The number of nitrogens with zero attached hydrogens (tertiary/aromatic N) is 4. The molecule has 4 rings (SSSR count). The van der Waals surface area contributed by atoms with Crippen LogP contribution in [-0.4, -0.2) is 26.0 Å². The van der Waals surface area contributed by atoms with Gasteiger partial charge in [0, 0.05) is 42.0 Å². The van der Waals surface area contributed by atoms with E-state index in [0.717, 1.165) is 22.8 Å². The number of aromatic hydroxyl groups is 1. The van der Waals surface area contributed by atoms with Gasteiger partial charge in [-0.15, -0.1) is 0 Å². The lowest BCUT2D eigenvalue weighted by molar-refractivity contribution is -0.688. The van der Waals surface area contributed by atoms with Crippen molar-refractivity contribution < 1.29 is 34.0 Å². The number of hydrogen-bond acceptors (Lipinski definition) is 6. The number of non-ortho nitro benzene ring substituents is 1.